The zero-order chi connectivity index (χ0) is 20.7. The molecule has 4 nitrogen and oxygen atoms in total. The van der Waals surface area contributed by atoms with E-state index in [1.165, 1.54) is 0 Å². The number of rotatable bonds is 3. The van der Waals surface area contributed by atoms with E-state index in [1.807, 2.05) is 51.4 Å². The van der Waals surface area contributed by atoms with Crippen molar-refractivity contribution in [3.63, 3.8) is 0 Å². The minimum atomic E-state index is -0.221. The van der Waals surface area contributed by atoms with Crippen LogP contribution in [0.3, 0.4) is 0 Å². The van der Waals surface area contributed by atoms with Gasteiger partial charge in [-0.25, -0.2) is 0 Å². The first-order valence-corrected chi connectivity index (χ1v) is 9.69. The SMILES string of the molecule is Cc1cc(C)c[n+](C2=C(Nc3cccc(Cl)c3C)C(=O)c3ccccc3C2=O)c1. The van der Waals surface area contributed by atoms with Crippen LogP contribution in [0.5, 0.6) is 0 Å². The molecule has 0 saturated heterocycles. The molecule has 1 aromatic heterocycles. The molecule has 1 N–H and O–H groups in total. The average molecular weight is 404 g/mol. The van der Waals surface area contributed by atoms with Crippen molar-refractivity contribution in [3.8, 4) is 0 Å². The highest BCUT2D eigenvalue weighted by Gasteiger charge is 2.39. The molecule has 5 heteroatoms. The van der Waals surface area contributed by atoms with Crippen LogP contribution in [-0.4, -0.2) is 11.6 Å². The van der Waals surface area contributed by atoms with Crippen LogP contribution in [0.15, 0.2) is 66.6 Å². The molecule has 0 fully saturated rings. The fourth-order valence-electron chi connectivity index (χ4n) is 3.64. The third kappa shape index (κ3) is 3.36. The van der Waals surface area contributed by atoms with Crippen molar-refractivity contribution in [1.29, 1.82) is 0 Å². The van der Waals surface area contributed by atoms with Crippen molar-refractivity contribution >= 4 is 34.6 Å². The number of halogens is 1. The smallest absolute Gasteiger partial charge is 0.286 e. The Hall–Kier alpha value is -3.24. The second-order valence-corrected chi connectivity index (χ2v) is 7.67. The molecule has 1 heterocycles. The van der Waals surface area contributed by atoms with Gasteiger partial charge in [-0.2, -0.15) is 4.57 Å². The molecular formula is C24H20ClN2O2+. The lowest BCUT2D eigenvalue weighted by Gasteiger charge is -2.19. The topological polar surface area (TPSA) is 50.1 Å². The van der Waals surface area contributed by atoms with Crippen molar-refractivity contribution in [2.75, 3.05) is 5.32 Å². The number of aryl methyl sites for hydroxylation is 2. The number of aromatic nitrogens is 1. The molecule has 4 rings (SSSR count). The number of carbonyl (C=O) groups excluding carboxylic acids is 2. The van der Waals surface area contributed by atoms with Crippen molar-refractivity contribution in [1.82, 2.24) is 0 Å². The highest BCUT2D eigenvalue weighted by molar-refractivity contribution is 6.36. The van der Waals surface area contributed by atoms with Gasteiger partial charge in [-0.05, 0) is 44.5 Å². The van der Waals surface area contributed by atoms with Crippen LogP contribution in [0.4, 0.5) is 5.69 Å². The maximum absolute atomic E-state index is 13.4. The Labute approximate surface area is 174 Å². The maximum atomic E-state index is 13.4. The van der Waals surface area contributed by atoms with Gasteiger partial charge in [0.25, 0.3) is 11.5 Å². The summed E-state index contributed by atoms with van der Waals surface area (Å²) in [6.45, 7) is 5.79. The average Bonchev–Trinajstić information content (AvgIpc) is 2.68. The molecule has 3 aromatic rings. The van der Waals surface area contributed by atoms with Gasteiger partial charge in [-0.1, -0.05) is 41.9 Å². The Kier molecular flexibility index (Phi) is 4.81. The number of pyridine rings is 1. The molecule has 0 aliphatic heterocycles. The number of hydrogen-bond acceptors (Lipinski definition) is 3. The fourth-order valence-corrected chi connectivity index (χ4v) is 3.82. The highest BCUT2D eigenvalue weighted by Crippen LogP contribution is 2.30. The van der Waals surface area contributed by atoms with Crippen LogP contribution in [0.25, 0.3) is 5.70 Å². The number of Topliss-reactive ketones (excluding diaryl/α,β-unsaturated/α-hetero) is 2. The van der Waals surface area contributed by atoms with E-state index in [2.05, 4.69) is 5.32 Å². The summed E-state index contributed by atoms with van der Waals surface area (Å²) in [6.07, 6.45) is 3.71. The summed E-state index contributed by atoms with van der Waals surface area (Å²) in [5.41, 5.74) is 4.85. The van der Waals surface area contributed by atoms with Gasteiger partial charge < -0.3 is 5.32 Å². The Morgan fingerprint density at radius 2 is 1.45 bits per heavy atom. The van der Waals surface area contributed by atoms with E-state index in [0.717, 1.165) is 16.7 Å². The van der Waals surface area contributed by atoms with Gasteiger partial charge >= 0.3 is 0 Å². The summed E-state index contributed by atoms with van der Waals surface area (Å²) >= 11 is 6.26. The van der Waals surface area contributed by atoms with Gasteiger partial charge in [0.05, 0.1) is 0 Å². The lowest BCUT2D eigenvalue weighted by molar-refractivity contribution is -0.578. The molecule has 0 spiro atoms. The van der Waals surface area contributed by atoms with Gasteiger partial charge in [0.15, 0.2) is 18.1 Å². The minimum Gasteiger partial charge on any atom is -0.346 e. The largest absolute Gasteiger partial charge is 0.346 e. The molecule has 1 aliphatic rings. The molecule has 0 amide bonds. The molecule has 1 aliphatic carbocycles. The Bertz CT molecular complexity index is 1190. The van der Waals surface area contributed by atoms with E-state index >= 15 is 0 Å². The number of hydrogen-bond donors (Lipinski definition) is 1. The van der Waals surface area contributed by atoms with Crippen molar-refractivity contribution in [2.24, 2.45) is 0 Å². The summed E-state index contributed by atoms with van der Waals surface area (Å²) in [5.74, 6) is -0.418. The summed E-state index contributed by atoms with van der Waals surface area (Å²) in [6, 6.07) is 14.4. The van der Waals surface area contributed by atoms with Crippen LogP contribution in [0.1, 0.15) is 37.4 Å². The zero-order valence-corrected chi connectivity index (χ0v) is 17.2. The molecule has 0 radical (unpaired) electrons. The first kappa shape index (κ1) is 19.1. The lowest BCUT2D eigenvalue weighted by atomic mass is 9.89. The van der Waals surface area contributed by atoms with Crippen molar-refractivity contribution < 1.29 is 14.2 Å². The summed E-state index contributed by atoms with van der Waals surface area (Å²) < 4.78 is 1.74. The van der Waals surface area contributed by atoms with E-state index in [-0.39, 0.29) is 17.3 Å². The maximum Gasteiger partial charge on any atom is 0.286 e. The van der Waals surface area contributed by atoms with Crippen LogP contribution >= 0.6 is 11.6 Å². The lowest BCUT2D eigenvalue weighted by Crippen LogP contribution is -2.42. The summed E-state index contributed by atoms with van der Waals surface area (Å²) in [7, 11) is 0. The highest BCUT2D eigenvalue weighted by atomic mass is 35.5. The van der Waals surface area contributed by atoms with Gasteiger partial charge in [0, 0.05) is 33.0 Å². The van der Waals surface area contributed by atoms with Gasteiger partial charge in [0.2, 0.25) is 5.78 Å². The predicted molar refractivity (Wildman–Crippen MR) is 114 cm³/mol. The molecule has 2 aromatic carbocycles. The zero-order valence-electron chi connectivity index (χ0n) is 16.4. The molecule has 0 bridgehead atoms. The fraction of sp³-hybridized carbons (Fsp3) is 0.125. The first-order valence-electron chi connectivity index (χ1n) is 9.31. The van der Waals surface area contributed by atoms with E-state index in [0.29, 0.717) is 27.5 Å². The molecule has 29 heavy (non-hydrogen) atoms. The van der Waals surface area contributed by atoms with E-state index in [4.69, 9.17) is 11.6 Å². The number of allylic oxidation sites excluding steroid dienone is 2. The van der Waals surface area contributed by atoms with Crippen LogP contribution in [0.2, 0.25) is 5.02 Å². The standard InChI is InChI=1S/C24H19ClN2O2/c1-14-11-15(2)13-27(12-14)22-21(26-20-10-6-9-19(25)16(20)3)23(28)17-7-4-5-8-18(17)24(22)29/h4-13H,1-3H3/p+1. The molecule has 0 unspecified atom stereocenters. The van der Waals surface area contributed by atoms with Crippen LogP contribution in [-0.2, 0) is 0 Å². The van der Waals surface area contributed by atoms with Gasteiger partial charge in [-0.3, -0.25) is 9.59 Å². The van der Waals surface area contributed by atoms with E-state index < -0.39 is 0 Å². The summed E-state index contributed by atoms with van der Waals surface area (Å²) in [4.78, 5) is 26.8. The summed E-state index contributed by atoms with van der Waals surface area (Å²) in [5, 5.41) is 3.79. The third-order valence-corrected chi connectivity index (χ3v) is 5.43. The van der Waals surface area contributed by atoms with E-state index in [1.54, 1.807) is 34.9 Å². The molecule has 0 atom stereocenters. The number of ketones is 2. The number of fused-ring (bicyclic) bond motifs is 1. The predicted octanol–water partition coefficient (Wildman–Crippen LogP) is 4.91. The monoisotopic (exact) mass is 403 g/mol. The second-order valence-electron chi connectivity index (χ2n) is 7.26. The van der Waals surface area contributed by atoms with Gasteiger partial charge in [-0.15, -0.1) is 0 Å². The second kappa shape index (κ2) is 7.30. The van der Waals surface area contributed by atoms with Crippen LogP contribution in [0, 0.1) is 20.8 Å². The first-order chi connectivity index (χ1) is 13.9. The number of nitrogens with zero attached hydrogens (tertiary/aromatic N) is 1. The van der Waals surface area contributed by atoms with Crippen LogP contribution < -0.4 is 9.88 Å². The Morgan fingerprint density at radius 3 is 2.10 bits per heavy atom. The minimum absolute atomic E-state index is 0.197. The normalized spacial score (nSPS) is 13.5. The van der Waals surface area contributed by atoms with Gasteiger partial charge in [0.1, 0.15) is 0 Å². The third-order valence-electron chi connectivity index (χ3n) is 5.02. The molecule has 144 valence electrons. The van der Waals surface area contributed by atoms with Crippen molar-refractivity contribution in [2.45, 2.75) is 20.8 Å². The van der Waals surface area contributed by atoms with Crippen molar-refractivity contribution in [3.05, 3.63) is 99.5 Å². The molecule has 0 saturated carbocycles. The Morgan fingerprint density at radius 1 is 0.828 bits per heavy atom. The Balaban J connectivity index is 1.97. The number of benzene rings is 2. The number of anilines is 1. The number of nitrogens with one attached hydrogen (secondary N) is 1. The number of carbonyl (C=O) groups is 2. The quantitative estimate of drug-likeness (QED) is 0.632. The van der Waals surface area contributed by atoms with E-state index in [9.17, 15) is 9.59 Å². The molecular weight excluding hydrogens is 384 g/mol.